The van der Waals surface area contributed by atoms with Crippen molar-refractivity contribution in [1.82, 2.24) is 29.5 Å². The highest BCUT2D eigenvalue weighted by molar-refractivity contribution is 5.74. The number of hydrogen-bond acceptors (Lipinski definition) is 3. The Kier molecular flexibility index (Phi) is 5.11. The van der Waals surface area contributed by atoms with Crippen LogP contribution in [0.4, 0.5) is 4.79 Å². The Morgan fingerprint density at radius 2 is 2.08 bits per heavy atom. The molecular weight excluding hydrogens is 316 g/mol. The topological polar surface area (TPSA) is 68.0 Å². The second-order valence-electron chi connectivity index (χ2n) is 7.06. The fraction of sp³-hybridized carbons (Fsp3) is 0.611. The van der Waals surface area contributed by atoms with E-state index in [2.05, 4.69) is 33.8 Å². The van der Waals surface area contributed by atoms with Gasteiger partial charge in [0.25, 0.3) is 0 Å². The van der Waals surface area contributed by atoms with E-state index in [1.165, 1.54) is 11.3 Å². The van der Waals surface area contributed by atoms with Gasteiger partial charge in [0.15, 0.2) is 0 Å². The molecule has 2 amide bonds. The number of aryl methyl sites for hydroxylation is 2. The zero-order chi connectivity index (χ0) is 18.0. The third kappa shape index (κ3) is 3.86. The molecule has 1 atom stereocenters. The molecule has 3 heterocycles. The second-order valence-corrected chi connectivity index (χ2v) is 7.06. The first kappa shape index (κ1) is 17.5. The van der Waals surface area contributed by atoms with E-state index in [1.54, 1.807) is 0 Å². The molecule has 1 N–H and O–H groups in total. The monoisotopic (exact) mass is 344 g/mol. The summed E-state index contributed by atoms with van der Waals surface area (Å²) in [5.74, 6) is 0. The summed E-state index contributed by atoms with van der Waals surface area (Å²) in [6.45, 7) is 7.73. The number of aromatic nitrogens is 4. The first-order valence-electron chi connectivity index (χ1n) is 8.97. The van der Waals surface area contributed by atoms with Crippen molar-refractivity contribution in [3.8, 4) is 0 Å². The number of rotatable bonds is 4. The zero-order valence-corrected chi connectivity index (χ0v) is 15.6. The molecule has 0 radical (unpaired) electrons. The van der Waals surface area contributed by atoms with Crippen LogP contribution in [0.25, 0.3) is 0 Å². The van der Waals surface area contributed by atoms with Gasteiger partial charge >= 0.3 is 6.03 Å². The third-order valence-electron chi connectivity index (χ3n) is 5.24. The summed E-state index contributed by atoms with van der Waals surface area (Å²) in [6, 6.07) is 0.570. The van der Waals surface area contributed by atoms with Crippen molar-refractivity contribution in [2.24, 2.45) is 7.05 Å². The highest BCUT2D eigenvalue weighted by Crippen LogP contribution is 2.22. The van der Waals surface area contributed by atoms with Crippen molar-refractivity contribution in [2.75, 3.05) is 13.1 Å². The molecule has 1 aliphatic rings. The lowest BCUT2D eigenvalue weighted by atomic mass is 10.0. The molecule has 2 aromatic rings. The lowest BCUT2D eigenvalue weighted by molar-refractivity contribution is 0.169. The van der Waals surface area contributed by atoms with Crippen LogP contribution in [0.3, 0.4) is 0 Å². The van der Waals surface area contributed by atoms with E-state index in [4.69, 9.17) is 0 Å². The van der Waals surface area contributed by atoms with Gasteiger partial charge in [0, 0.05) is 50.3 Å². The minimum Gasteiger partial charge on any atom is -0.335 e. The van der Waals surface area contributed by atoms with Crippen LogP contribution in [0.15, 0.2) is 18.7 Å². The van der Waals surface area contributed by atoms with Crippen molar-refractivity contribution in [3.63, 3.8) is 0 Å². The summed E-state index contributed by atoms with van der Waals surface area (Å²) in [6.07, 6.45) is 8.42. The summed E-state index contributed by atoms with van der Waals surface area (Å²) in [4.78, 5) is 18.6. The van der Waals surface area contributed by atoms with Crippen molar-refractivity contribution < 1.29 is 4.79 Å². The zero-order valence-electron chi connectivity index (χ0n) is 15.6. The van der Waals surface area contributed by atoms with Crippen LogP contribution in [-0.4, -0.2) is 49.4 Å². The maximum Gasteiger partial charge on any atom is 0.317 e. The number of carbonyl (C=O) groups excluding carboxylic acids is 1. The quantitative estimate of drug-likeness (QED) is 0.925. The van der Waals surface area contributed by atoms with Crippen LogP contribution in [0, 0.1) is 13.8 Å². The Bertz CT molecular complexity index is 712. The third-order valence-corrected chi connectivity index (χ3v) is 5.24. The maximum atomic E-state index is 12.5. The second kappa shape index (κ2) is 7.29. The van der Waals surface area contributed by atoms with Crippen molar-refractivity contribution in [1.29, 1.82) is 0 Å². The Labute approximate surface area is 149 Å². The Morgan fingerprint density at radius 3 is 2.64 bits per heavy atom. The van der Waals surface area contributed by atoms with E-state index in [9.17, 15) is 4.79 Å². The SMILES string of the molecule is Cc1nn(C)c(C)c1CC(C)NC(=O)N1CCC(n2ccnc2)CC1. The molecule has 1 unspecified atom stereocenters. The summed E-state index contributed by atoms with van der Waals surface area (Å²) >= 11 is 0. The van der Waals surface area contributed by atoms with Crippen molar-refractivity contribution in [3.05, 3.63) is 35.7 Å². The molecule has 2 aromatic heterocycles. The highest BCUT2D eigenvalue weighted by Gasteiger charge is 2.24. The number of nitrogens with zero attached hydrogens (tertiary/aromatic N) is 5. The van der Waals surface area contributed by atoms with Gasteiger partial charge in [-0.2, -0.15) is 5.10 Å². The predicted molar refractivity (Wildman–Crippen MR) is 96.5 cm³/mol. The van der Waals surface area contributed by atoms with Crippen LogP contribution < -0.4 is 5.32 Å². The molecule has 3 rings (SSSR count). The van der Waals surface area contributed by atoms with Gasteiger partial charge < -0.3 is 14.8 Å². The molecular formula is C18H28N6O. The normalized spacial score (nSPS) is 16.9. The van der Waals surface area contributed by atoms with Gasteiger partial charge in [-0.25, -0.2) is 9.78 Å². The van der Waals surface area contributed by atoms with Gasteiger partial charge in [-0.15, -0.1) is 0 Å². The minimum atomic E-state index is 0.0378. The number of nitrogens with one attached hydrogen (secondary N) is 1. The van der Waals surface area contributed by atoms with Crippen LogP contribution in [0.2, 0.25) is 0 Å². The summed E-state index contributed by atoms with van der Waals surface area (Å²) in [7, 11) is 1.96. The number of urea groups is 1. The smallest absolute Gasteiger partial charge is 0.317 e. The fourth-order valence-corrected chi connectivity index (χ4v) is 3.62. The molecule has 0 bridgehead atoms. The molecule has 7 nitrogen and oxygen atoms in total. The van der Waals surface area contributed by atoms with Gasteiger partial charge in [0.05, 0.1) is 12.0 Å². The van der Waals surface area contributed by atoms with Crippen LogP contribution in [0.1, 0.15) is 42.8 Å². The summed E-state index contributed by atoms with van der Waals surface area (Å²) in [5, 5.41) is 7.59. The van der Waals surface area contributed by atoms with Gasteiger partial charge in [0.2, 0.25) is 0 Å². The van der Waals surface area contributed by atoms with Gasteiger partial charge in [0.1, 0.15) is 0 Å². The molecule has 1 saturated heterocycles. The molecule has 25 heavy (non-hydrogen) atoms. The van der Waals surface area contributed by atoms with Crippen molar-refractivity contribution >= 4 is 6.03 Å². The number of piperidine rings is 1. The molecule has 0 spiro atoms. The maximum absolute atomic E-state index is 12.5. The summed E-state index contributed by atoms with van der Waals surface area (Å²) < 4.78 is 4.05. The standard InChI is InChI=1S/C18H28N6O/c1-13(11-17-14(2)21-22(4)15(17)3)20-18(25)23-8-5-16(6-9-23)24-10-7-19-12-24/h7,10,12-13,16H,5-6,8-9,11H2,1-4H3,(H,20,25). The molecule has 0 aliphatic carbocycles. The summed E-state index contributed by atoms with van der Waals surface area (Å²) in [5.41, 5.74) is 3.44. The van der Waals surface area contributed by atoms with Crippen LogP contribution >= 0.6 is 0 Å². The molecule has 136 valence electrons. The van der Waals surface area contributed by atoms with E-state index >= 15 is 0 Å². The molecule has 0 saturated carbocycles. The van der Waals surface area contributed by atoms with E-state index in [0.717, 1.165) is 38.0 Å². The van der Waals surface area contributed by atoms with Crippen LogP contribution in [0.5, 0.6) is 0 Å². The Morgan fingerprint density at radius 1 is 1.36 bits per heavy atom. The van der Waals surface area contributed by atoms with Gasteiger partial charge in [-0.05, 0) is 45.6 Å². The largest absolute Gasteiger partial charge is 0.335 e. The number of hydrogen-bond donors (Lipinski definition) is 1. The minimum absolute atomic E-state index is 0.0378. The lowest BCUT2D eigenvalue weighted by Gasteiger charge is -2.33. The number of imidazole rings is 1. The van der Waals surface area contributed by atoms with Crippen LogP contribution in [-0.2, 0) is 13.5 Å². The predicted octanol–water partition coefficient (Wildman–Crippen LogP) is 2.21. The van der Waals surface area contributed by atoms with E-state index < -0.39 is 0 Å². The fourth-order valence-electron chi connectivity index (χ4n) is 3.62. The molecule has 7 heteroatoms. The molecule has 1 aliphatic heterocycles. The average molecular weight is 344 g/mol. The van der Waals surface area contributed by atoms with Crippen molar-refractivity contribution in [2.45, 2.75) is 52.1 Å². The molecule has 0 aromatic carbocycles. The molecule has 1 fully saturated rings. The van der Waals surface area contributed by atoms with E-state index in [0.29, 0.717) is 6.04 Å². The van der Waals surface area contributed by atoms with Gasteiger partial charge in [-0.3, -0.25) is 4.68 Å². The number of amides is 2. The lowest BCUT2D eigenvalue weighted by Crippen LogP contribution is -2.47. The number of likely N-dealkylation sites (tertiary alicyclic amines) is 1. The first-order chi connectivity index (χ1) is 12.0. The van der Waals surface area contributed by atoms with E-state index in [1.807, 2.05) is 42.3 Å². The highest BCUT2D eigenvalue weighted by atomic mass is 16.2. The Hall–Kier alpha value is -2.31. The Balaban J connectivity index is 1.50. The average Bonchev–Trinajstić information content (AvgIpc) is 3.20. The number of carbonyl (C=O) groups is 1. The first-order valence-corrected chi connectivity index (χ1v) is 8.97. The van der Waals surface area contributed by atoms with Gasteiger partial charge in [-0.1, -0.05) is 0 Å². The van der Waals surface area contributed by atoms with E-state index in [-0.39, 0.29) is 12.1 Å².